The number of carbonyl (C=O) groups excluding carboxylic acids is 3. The fourth-order valence-corrected chi connectivity index (χ4v) is 3.94. The quantitative estimate of drug-likeness (QED) is 0.591. The maximum Gasteiger partial charge on any atom is 0.387 e. The highest BCUT2D eigenvalue weighted by molar-refractivity contribution is 8.18. The van der Waals surface area contributed by atoms with E-state index in [4.69, 9.17) is 0 Å². The van der Waals surface area contributed by atoms with Crippen LogP contribution in [-0.2, 0) is 15.0 Å². The second-order valence-electron chi connectivity index (χ2n) is 7.53. The van der Waals surface area contributed by atoms with Crippen LogP contribution >= 0.6 is 11.8 Å². The Kier molecular flexibility index (Phi) is 7.29. The molecule has 32 heavy (non-hydrogen) atoms. The number of rotatable bonds is 8. The molecule has 1 aliphatic heterocycles. The van der Waals surface area contributed by atoms with E-state index < -0.39 is 23.2 Å². The first-order chi connectivity index (χ1) is 15.2. The molecule has 9 heteroatoms. The van der Waals surface area contributed by atoms with Crippen molar-refractivity contribution in [1.82, 2.24) is 10.2 Å². The summed E-state index contributed by atoms with van der Waals surface area (Å²) in [5.41, 5.74) is 0.659. The summed E-state index contributed by atoms with van der Waals surface area (Å²) in [6.45, 7) is 0.854. The van der Waals surface area contributed by atoms with Gasteiger partial charge in [-0.1, -0.05) is 42.5 Å². The molecule has 1 heterocycles. The van der Waals surface area contributed by atoms with E-state index in [0.717, 1.165) is 22.2 Å². The van der Waals surface area contributed by atoms with E-state index in [2.05, 4.69) is 10.1 Å². The number of nitrogens with one attached hydrogen (secondary N) is 1. The molecule has 0 aliphatic carbocycles. The molecule has 1 saturated heterocycles. The highest BCUT2D eigenvalue weighted by atomic mass is 32.2. The standard InChI is InChI=1S/C23H22F2N2O4S/c1-23(2,16-6-4-3-5-7-16)20(29)26-12-13-27-19(28)18(32-22(27)30)14-15-8-10-17(11-9-15)31-21(24)25/h3-11,14,21H,12-13H2,1-2H3,(H,26,29)/b18-14-. The minimum absolute atomic E-state index is 0.000534. The number of imide groups is 1. The lowest BCUT2D eigenvalue weighted by atomic mass is 9.84. The third kappa shape index (κ3) is 5.53. The average Bonchev–Trinajstić information content (AvgIpc) is 3.02. The van der Waals surface area contributed by atoms with E-state index in [9.17, 15) is 23.2 Å². The molecule has 3 amide bonds. The third-order valence-electron chi connectivity index (χ3n) is 4.96. The van der Waals surface area contributed by atoms with Crippen LogP contribution in [-0.4, -0.2) is 41.7 Å². The molecule has 3 rings (SSSR count). The molecular weight excluding hydrogens is 438 g/mol. The smallest absolute Gasteiger partial charge is 0.387 e. The van der Waals surface area contributed by atoms with Crippen LogP contribution in [0.3, 0.4) is 0 Å². The van der Waals surface area contributed by atoms with Crippen molar-refractivity contribution >= 4 is 34.9 Å². The molecule has 2 aromatic rings. The van der Waals surface area contributed by atoms with Gasteiger partial charge < -0.3 is 10.1 Å². The summed E-state index contributed by atoms with van der Waals surface area (Å²) < 4.78 is 28.8. The first-order valence-corrected chi connectivity index (χ1v) is 10.6. The predicted octanol–water partition coefficient (Wildman–Crippen LogP) is 4.42. The molecule has 0 atom stereocenters. The maximum absolute atomic E-state index is 12.6. The normalized spacial score (nSPS) is 15.5. The first kappa shape index (κ1) is 23.5. The van der Waals surface area contributed by atoms with Gasteiger partial charge in [0.25, 0.3) is 11.1 Å². The van der Waals surface area contributed by atoms with Crippen LogP contribution in [0.4, 0.5) is 13.6 Å². The zero-order valence-corrected chi connectivity index (χ0v) is 18.3. The fraction of sp³-hybridized carbons (Fsp3) is 0.261. The van der Waals surface area contributed by atoms with E-state index in [0.29, 0.717) is 5.56 Å². The number of hydrogen-bond donors (Lipinski definition) is 1. The van der Waals surface area contributed by atoms with Crippen molar-refractivity contribution in [2.75, 3.05) is 13.1 Å². The largest absolute Gasteiger partial charge is 0.435 e. The van der Waals surface area contributed by atoms with Crippen LogP contribution in [0.15, 0.2) is 59.5 Å². The monoisotopic (exact) mass is 460 g/mol. The summed E-state index contributed by atoms with van der Waals surface area (Å²) in [7, 11) is 0. The number of benzene rings is 2. The van der Waals surface area contributed by atoms with E-state index >= 15 is 0 Å². The van der Waals surface area contributed by atoms with E-state index in [1.165, 1.54) is 30.3 Å². The molecule has 1 fully saturated rings. The molecule has 168 valence electrons. The molecule has 1 aliphatic rings. The van der Waals surface area contributed by atoms with Gasteiger partial charge in [-0.2, -0.15) is 8.78 Å². The number of hydrogen-bond acceptors (Lipinski definition) is 5. The van der Waals surface area contributed by atoms with Gasteiger partial charge in [0.05, 0.1) is 10.3 Å². The molecule has 1 N–H and O–H groups in total. The molecule has 6 nitrogen and oxygen atoms in total. The number of ether oxygens (including phenoxy) is 1. The van der Waals surface area contributed by atoms with Gasteiger partial charge in [0.15, 0.2) is 0 Å². The van der Waals surface area contributed by atoms with Crippen molar-refractivity contribution < 1.29 is 27.9 Å². The number of alkyl halides is 2. The summed E-state index contributed by atoms with van der Waals surface area (Å²) in [6, 6.07) is 15.1. The van der Waals surface area contributed by atoms with Gasteiger partial charge in [-0.25, -0.2) is 0 Å². The lowest BCUT2D eigenvalue weighted by molar-refractivity contribution is -0.126. The van der Waals surface area contributed by atoms with Gasteiger partial charge in [0.2, 0.25) is 5.91 Å². The molecule has 0 spiro atoms. The van der Waals surface area contributed by atoms with Crippen LogP contribution in [0.5, 0.6) is 5.75 Å². The van der Waals surface area contributed by atoms with Crippen LogP contribution in [0.2, 0.25) is 0 Å². The first-order valence-electron chi connectivity index (χ1n) is 9.82. The zero-order chi connectivity index (χ0) is 23.3. The predicted molar refractivity (Wildman–Crippen MR) is 118 cm³/mol. The van der Waals surface area contributed by atoms with Gasteiger partial charge in [0.1, 0.15) is 5.75 Å². The van der Waals surface area contributed by atoms with Crippen molar-refractivity contribution in [3.63, 3.8) is 0 Å². The van der Waals surface area contributed by atoms with Crippen LogP contribution in [0, 0.1) is 0 Å². The highest BCUT2D eigenvalue weighted by Gasteiger charge is 2.35. The average molecular weight is 461 g/mol. The summed E-state index contributed by atoms with van der Waals surface area (Å²) in [5.74, 6) is -0.679. The number of amides is 3. The summed E-state index contributed by atoms with van der Waals surface area (Å²) in [6.07, 6.45) is 1.51. The Morgan fingerprint density at radius 2 is 1.78 bits per heavy atom. The van der Waals surface area contributed by atoms with Crippen LogP contribution in [0.25, 0.3) is 6.08 Å². The zero-order valence-electron chi connectivity index (χ0n) is 17.5. The van der Waals surface area contributed by atoms with Crippen molar-refractivity contribution in [3.05, 3.63) is 70.6 Å². The Morgan fingerprint density at radius 3 is 2.41 bits per heavy atom. The van der Waals surface area contributed by atoms with Gasteiger partial charge >= 0.3 is 6.61 Å². The SMILES string of the molecule is CC(C)(C(=O)NCCN1C(=O)S/C(=C\c2ccc(OC(F)F)cc2)C1=O)c1ccccc1. The van der Waals surface area contributed by atoms with Crippen molar-refractivity contribution in [2.45, 2.75) is 25.9 Å². The Hall–Kier alpha value is -3.20. The number of carbonyl (C=O) groups is 3. The van der Waals surface area contributed by atoms with Crippen LogP contribution < -0.4 is 10.1 Å². The molecule has 0 bridgehead atoms. The van der Waals surface area contributed by atoms with Gasteiger partial charge in [0, 0.05) is 13.1 Å². The number of halogens is 2. The summed E-state index contributed by atoms with van der Waals surface area (Å²) >= 11 is 0.787. The lowest BCUT2D eigenvalue weighted by Gasteiger charge is -2.24. The van der Waals surface area contributed by atoms with Crippen molar-refractivity contribution in [1.29, 1.82) is 0 Å². The Bertz CT molecular complexity index is 1020. The lowest BCUT2D eigenvalue weighted by Crippen LogP contribution is -2.44. The molecule has 2 aromatic carbocycles. The maximum atomic E-state index is 12.6. The second-order valence-corrected chi connectivity index (χ2v) is 8.52. The Labute approximate surface area is 188 Å². The molecular formula is C23H22F2N2O4S. The van der Waals surface area contributed by atoms with Crippen molar-refractivity contribution in [2.24, 2.45) is 0 Å². The Balaban J connectivity index is 1.58. The minimum atomic E-state index is -2.92. The van der Waals surface area contributed by atoms with Gasteiger partial charge in [-0.3, -0.25) is 19.3 Å². The van der Waals surface area contributed by atoms with Gasteiger partial charge in [-0.15, -0.1) is 0 Å². The van der Waals surface area contributed by atoms with Gasteiger partial charge in [-0.05, 0) is 54.9 Å². The van der Waals surface area contributed by atoms with E-state index in [-0.39, 0.29) is 29.7 Å². The fourth-order valence-electron chi connectivity index (χ4n) is 3.08. The van der Waals surface area contributed by atoms with E-state index in [1.807, 2.05) is 30.3 Å². The van der Waals surface area contributed by atoms with Crippen LogP contribution in [0.1, 0.15) is 25.0 Å². The second kappa shape index (κ2) is 9.95. The highest BCUT2D eigenvalue weighted by Crippen LogP contribution is 2.32. The number of thioether (sulfide) groups is 1. The third-order valence-corrected chi connectivity index (χ3v) is 5.87. The minimum Gasteiger partial charge on any atom is -0.435 e. The topological polar surface area (TPSA) is 75.7 Å². The summed E-state index contributed by atoms with van der Waals surface area (Å²) in [4.78, 5) is 38.8. The number of nitrogens with zero attached hydrogens (tertiary/aromatic N) is 1. The Morgan fingerprint density at radius 1 is 1.12 bits per heavy atom. The molecule has 0 radical (unpaired) electrons. The molecule has 0 saturated carbocycles. The van der Waals surface area contributed by atoms with Crippen molar-refractivity contribution in [3.8, 4) is 5.75 Å². The summed E-state index contributed by atoms with van der Waals surface area (Å²) in [5, 5.41) is 2.35. The molecule has 0 unspecified atom stereocenters. The molecule has 0 aromatic heterocycles. The van der Waals surface area contributed by atoms with E-state index in [1.54, 1.807) is 13.8 Å².